The summed E-state index contributed by atoms with van der Waals surface area (Å²) in [5, 5.41) is 11.6. The van der Waals surface area contributed by atoms with E-state index in [9.17, 15) is 22.8 Å². The number of hydrogen-bond donors (Lipinski definition) is 2. The van der Waals surface area contributed by atoms with Gasteiger partial charge in [-0.15, -0.1) is 0 Å². The molecule has 1 spiro atoms. The highest BCUT2D eigenvalue weighted by atomic mass is 79.9. The fourth-order valence-electron chi connectivity index (χ4n) is 3.45. The van der Waals surface area contributed by atoms with Gasteiger partial charge in [-0.25, -0.2) is 9.59 Å². The minimum absolute atomic E-state index is 0.122. The van der Waals surface area contributed by atoms with Crippen LogP contribution in [0, 0.1) is 5.41 Å². The van der Waals surface area contributed by atoms with E-state index in [4.69, 9.17) is 14.3 Å². The minimum atomic E-state index is -5.08. The lowest BCUT2D eigenvalue weighted by Gasteiger charge is -2.48. The summed E-state index contributed by atoms with van der Waals surface area (Å²) in [6.45, 7) is 3.54. The third kappa shape index (κ3) is 4.67. The van der Waals surface area contributed by atoms with E-state index < -0.39 is 17.8 Å². The van der Waals surface area contributed by atoms with Gasteiger partial charge in [0, 0.05) is 36.0 Å². The van der Waals surface area contributed by atoms with E-state index in [1.807, 2.05) is 6.07 Å². The first-order chi connectivity index (χ1) is 14.0. The molecule has 3 heterocycles. The van der Waals surface area contributed by atoms with E-state index >= 15 is 0 Å². The molecule has 2 saturated heterocycles. The lowest BCUT2D eigenvalue weighted by molar-refractivity contribution is -0.192. The van der Waals surface area contributed by atoms with Crippen LogP contribution in [0.5, 0.6) is 0 Å². The van der Waals surface area contributed by atoms with Crippen LogP contribution in [0.15, 0.2) is 37.9 Å². The SMILES string of the molecule is O=C(O)C(F)(F)F.O=C(c1cc2c(Br)cccc2c(=O)o1)N1CCC2(CC1)CNC2. The van der Waals surface area contributed by atoms with Crippen LogP contribution in [0.1, 0.15) is 23.4 Å². The number of nitrogens with zero attached hydrogens (tertiary/aromatic N) is 1. The summed E-state index contributed by atoms with van der Waals surface area (Å²) in [5.74, 6) is -2.83. The molecular weight excluding hydrogens is 473 g/mol. The number of carboxylic acid groups (broad SMARTS) is 1. The van der Waals surface area contributed by atoms with Crippen LogP contribution in [-0.4, -0.2) is 54.2 Å². The molecule has 30 heavy (non-hydrogen) atoms. The summed E-state index contributed by atoms with van der Waals surface area (Å²) in [6, 6.07) is 7.00. The Morgan fingerprint density at radius 3 is 2.27 bits per heavy atom. The van der Waals surface area contributed by atoms with Crippen molar-refractivity contribution in [3.05, 3.63) is 44.9 Å². The topological polar surface area (TPSA) is 99.8 Å². The van der Waals surface area contributed by atoms with Crippen LogP contribution in [0.25, 0.3) is 10.8 Å². The zero-order chi connectivity index (χ0) is 22.1. The normalized spacial score (nSPS) is 17.8. The molecule has 2 N–H and O–H groups in total. The number of carbonyl (C=O) groups excluding carboxylic acids is 1. The van der Waals surface area contributed by atoms with Gasteiger partial charge in [-0.2, -0.15) is 13.2 Å². The van der Waals surface area contributed by atoms with Gasteiger partial charge in [-0.05, 0) is 36.5 Å². The van der Waals surface area contributed by atoms with Gasteiger partial charge in [0.15, 0.2) is 5.76 Å². The third-order valence-electron chi connectivity index (χ3n) is 5.32. The molecule has 0 aliphatic carbocycles. The number of aliphatic carboxylic acids is 1. The van der Waals surface area contributed by atoms with Crippen LogP contribution in [0.2, 0.25) is 0 Å². The molecule has 2 aliphatic rings. The van der Waals surface area contributed by atoms with Gasteiger partial charge in [0.25, 0.3) is 5.91 Å². The van der Waals surface area contributed by atoms with Gasteiger partial charge in [0.2, 0.25) is 0 Å². The van der Waals surface area contributed by atoms with E-state index in [0.29, 0.717) is 16.2 Å². The van der Waals surface area contributed by atoms with Gasteiger partial charge in [0.05, 0.1) is 5.39 Å². The molecule has 0 radical (unpaired) electrons. The molecule has 0 unspecified atom stereocenters. The Kier molecular flexibility index (Phi) is 6.23. The lowest BCUT2D eigenvalue weighted by Crippen LogP contribution is -2.58. The number of likely N-dealkylation sites (tertiary alicyclic amines) is 1. The standard InChI is InChI=1S/C17H17BrN2O3.C2HF3O2/c18-13-3-1-2-11-12(13)8-14(23-16(11)22)15(21)20-6-4-17(5-7-20)9-19-10-17;3-2(4,5)1(6)7/h1-3,8,19H,4-7,9-10H2;(H,6,7). The Morgan fingerprint density at radius 2 is 1.77 bits per heavy atom. The quantitative estimate of drug-likeness (QED) is 0.637. The van der Waals surface area contributed by atoms with Crippen LogP contribution < -0.4 is 10.9 Å². The largest absolute Gasteiger partial charge is 0.490 e. The second kappa shape index (κ2) is 8.38. The number of alkyl halides is 3. The first kappa shape index (κ1) is 22.3. The second-order valence-corrected chi connectivity index (χ2v) is 8.15. The molecule has 162 valence electrons. The van der Waals surface area contributed by atoms with Gasteiger partial charge in [-0.3, -0.25) is 4.79 Å². The zero-order valence-electron chi connectivity index (χ0n) is 15.6. The van der Waals surface area contributed by atoms with Crippen molar-refractivity contribution in [1.82, 2.24) is 10.2 Å². The molecule has 4 rings (SSSR count). The maximum atomic E-state index is 12.7. The van der Waals surface area contributed by atoms with Crippen molar-refractivity contribution in [1.29, 1.82) is 0 Å². The Labute approximate surface area is 177 Å². The first-order valence-electron chi connectivity index (χ1n) is 9.05. The summed E-state index contributed by atoms with van der Waals surface area (Å²) in [5.41, 5.74) is -0.0897. The molecule has 2 fully saturated rings. The Balaban J connectivity index is 0.000000318. The number of hydrogen-bond acceptors (Lipinski definition) is 5. The molecule has 0 bridgehead atoms. The van der Waals surface area contributed by atoms with E-state index in [0.717, 1.165) is 43.5 Å². The number of carboxylic acids is 1. The molecule has 2 aromatic rings. The molecular formula is C19H18BrF3N2O5. The van der Waals surface area contributed by atoms with Gasteiger partial charge in [-0.1, -0.05) is 22.0 Å². The molecule has 1 aromatic heterocycles. The van der Waals surface area contributed by atoms with E-state index in [-0.39, 0.29) is 11.7 Å². The Morgan fingerprint density at radius 1 is 1.17 bits per heavy atom. The fourth-order valence-corrected chi connectivity index (χ4v) is 3.94. The highest BCUT2D eigenvalue weighted by molar-refractivity contribution is 9.10. The molecule has 0 saturated carbocycles. The molecule has 1 aromatic carbocycles. The van der Waals surface area contributed by atoms with Crippen molar-refractivity contribution in [3.8, 4) is 0 Å². The summed E-state index contributed by atoms with van der Waals surface area (Å²) < 4.78 is 37.8. The minimum Gasteiger partial charge on any atom is -0.475 e. The maximum absolute atomic E-state index is 12.7. The number of piperidine rings is 1. The zero-order valence-corrected chi connectivity index (χ0v) is 17.2. The summed E-state index contributed by atoms with van der Waals surface area (Å²) in [6.07, 6.45) is -3.07. The Bertz CT molecular complexity index is 1020. The lowest BCUT2D eigenvalue weighted by atomic mass is 9.73. The molecule has 0 atom stereocenters. The highest BCUT2D eigenvalue weighted by Crippen LogP contribution is 2.35. The monoisotopic (exact) mass is 490 g/mol. The maximum Gasteiger partial charge on any atom is 0.490 e. The highest BCUT2D eigenvalue weighted by Gasteiger charge is 2.41. The summed E-state index contributed by atoms with van der Waals surface area (Å²) >= 11 is 3.43. The number of fused-ring (bicyclic) bond motifs is 1. The molecule has 2 aliphatic heterocycles. The second-order valence-electron chi connectivity index (χ2n) is 7.30. The summed E-state index contributed by atoms with van der Waals surface area (Å²) in [7, 11) is 0. The van der Waals surface area contributed by atoms with Crippen molar-refractivity contribution in [2.45, 2.75) is 19.0 Å². The number of benzene rings is 1. The number of amides is 1. The van der Waals surface area contributed by atoms with Crippen molar-refractivity contribution in [3.63, 3.8) is 0 Å². The molecule has 7 nitrogen and oxygen atoms in total. The number of carbonyl (C=O) groups is 2. The summed E-state index contributed by atoms with van der Waals surface area (Å²) in [4.78, 5) is 35.5. The van der Waals surface area contributed by atoms with E-state index in [2.05, 4.69) is 21.2 Å². The van der Waals surface area contributed by atoms with Gasteiger partial charge >= 0.3 is 17.8 Å². The van der Waals surface area contributed by atoms with E-state index in [1.165, 1.54) is 0 Å². The first-order valence-corrected chi connectivity index (χ1v) is 9.84. The fraction of sp³-hybridized carbons (Fsp3) is 0.421. The van der Waals surface area contributed by atoms with Crippen molar-refractivity contribution in [2.75, 3.05) is 26.2 Å². The average molecular weight is 491 g/mol. The number of nitrogens with one attached hydrogen (secondary N) is 1. The average Bonchev–Trinajstić information content (AvgIpc) is 2.67. The molecule has 11 heteroatoms. The number of rotatable bonds is 1. The van der Waals surface area contributed by atoms with E-state index in [1.54, 1.807) is 23.1 Å². The van der Waals surface area contributed by atoms with Gasteiger partial charge < -0.3 is 19.7 Å². The van der Waals surface area contributed by atoms with Gasteiger partial charge in [0.1, 0.15) is 0 Å². The Hall–Kier alpha value is -2.40. The smallest absolute Gasteiger partial charge is 0.475 e. The van der Waals surface area contributed by atoms with Crippen molar-refractivity contribution >= 4 is 38.6 Å². The molecule has 1 amide bonds. The third-order valence-corrected chi connectivity index (χ3v) is 6.01. The van der Waals surface area contributed by atoms with Crippen LogP contribution in [-0.2, 0) is 4.79 Å². The van der Waals surface area contributed by atoms with Crippen molar-refractivity contribution in [2.24, 2.45) is 5.41 Å². The van der Waals surface area contributed by atoms with Crippen LogP contribution >= 0.6 is 15.9 Å². The predicted molar refractivity (Wildman–Crippen MR) is 104 cm³/mol. The van der Waals surface area contributed by atoms with Crippen LogP contribution in [0.3, 0.4) is 0 Å². The van der Waals surface area contributed by atoms with Crippen molar-refractivity contribution < 1.29 is 32.3 Å². The van der Waals surface area contributed by atoms with Crippen LogP contribution in [0.4, 0.5) is 13.2 Å². The predicted octanol–water partition coefficient (Wildman–Crippen LogP) is 3.01. The number of halogens is 4.